The third-order valence-electron chi connectivity index (χ3n) is 3.37. The number of hydrogen-bond acceptors (Lipinski definition) is 6. The number of nitrogens with zero attached hydrogens (tertiary/aromatic N) is 2. The van der Waals surface area contributed by atoms with E-state index in [1.165, 1.54) is 17.3 Å². The molecule has 2 amide bonds. The molecule has 0 atom stereocenters. The van der Waals surface area contributed by atoms with Crippen molar-refractivity contribution in [1.29, 1.82) is 0 Å². The summed E-state index contributed by atoms with van der Waals surface area (Å²) in [5.74, 6) is 1.10. The molecule has 0 aliphatic carbocycles. The van der Waals surface area contributed by atoms with Crippen LogP contribution in [0.1, 0.15) is 16.9 Å². The van der Waals surface area contributed by atoms with Crippen LogP contribution in [0.5, 0.6) is 0 Å². The predicted octanol–water partition coefficient (Wildman–Crippen LogP) is 2.03. The molecule has 2 rings (SSSR count). The van der Waals surface area contributed by atoms with Crippen molar-refractivity contribution in [2.75, 3.05) is 30.9 Å². The fourth-order valence-corrected chi connectivity index (χ4v) is 2.87. The molecule has 2 N–H and O–H groups in total. The molecule has 0 fully saturated rings. The number of thioether (sulfide) groups is 1. The Morgan fingerprint density at radius 1 is 1.12 bits per heavy atom. The van der Waals surface area contributed by atoms with Crippen molar-refractivity contribution < 1.29 is 14.1 Å². The highest BCUT2D eigenvalue weighted by molar-refractivity contribution is 8.00. The molecule has 1 aromatic heterocycles. The predicted molar refractivity (Wildman–Crippen MR) is 103 cm³/mol. The fourth-order valence-electron chi connectivity index (χ4n) is 2.22. The zero-order valence-corrected chi connectivity index (χ0v) is 16.1. The number of rotatable bonds is 9. The largest absolute Gasteiger partial charge is 0.360 e. The summed E-state index contributed by atoms with van der Waals surface area (Å²) in [6.07, 6.45) is 0. The second-order valence-corrected chi connectivity index (χ2v) is 7.18. The van der Waals surface area contributed by atoms with E-state index in [9.17, 15) is 9.59 Å². The van der Waals surface area contributed by atoms with E-state index >= 15 is 0 Å². The molecule has 0 saturated carbocycles. The van der Waals surface area contributed by atoms with E-state index in [0.29, 0.717) is 18.1 Å². The number of aryl methyl sites for hydroxylation is 1. The van der Waals surface area contributed by atoms with Crippen LogP contribution in [0.2, 0.25) is 0 Å². The van der Waals surface area contributed by atoms with Gasteiger partial charge in [-0.1, -0.05) is 29.4 Å². The molecule has 26 heavy (non-hydrogen) atoms. The van der Waals surface area contributed by atoms with Crippen molar-refractivity contribution in [1.82, 2.24) is 15.4 Å². The Morgan fingerprint density at radius 2 is 1.77 bits per heavy atom. The summed E-state index contributed by atoms with van der Waals surface area (Å²) in [6, 6.07) is 9.79. The quantitative estimate of drug-likeness (QED) is 0.696. The zero-order valence-electron chi connectivity index (χ0n) is 15.2. The van der Waals surface area contributed by atoms with Gasteiger partial charge in [-0.25, -0.2) is 0 Å². The van der Waals surface area contributed by atoms with Crippen molar-refractivity contribution in [2.45, 2.75) is 20.0 Å². The molecule has 7 nitrogen and oxygen atoms in total. The molecule has 140 valence electrons. The number of benzene rings is 1. The second kappa shape index (κ2) is 9.98. The van der Waals surface area contributed by atoms with Crippen molar-refractivity contribution in [3.8, 4) is 0 Å². The first-order valence-corrected chi connectivity index (χ1v) is 9.38. The molecule has 0 bridgehead atoms. The Labute approximate surface area is 157 Å². The highest BCUT2D eigenvalue weighted by Crippen LogP contribution is 2.09. The Morgan fingerprint density at radius 3 is 2.38 bits per heavy atom. The van der Waals surface area contributed by atoms with E-state index in [-0.39, 0.29) is 23.3 Å². The van der Waals surface area contributed by atoms with Gasteiger partial charge in [-0.15, -0.1) is 11.8 Å². The number of aromatic nitrogens is 1. The molecule has 0 unspecified atom stereocenters. The van der Waals surface area contributed by atoms with Crippen molar-refractivity contribution in [3.05, 3.63) is 47.2 Å². The van der Waals surface area contributed by atoms with Crippen molar-refractivity contribution in [3.63, 3.8) is 0 Å². The monoisotopic (exact) mass is 376 g/mol. The van der Waals surface area contributed by atoms with Crippen LogP contribution in [0.15, 0.2) is 34.9 Å². The van der Waals surface area contributed by atoms with Gasteiger partial charge in [-0.3, -0.25) is 9.59 Å². The molecular formula is C18H24N4O3S. The number of hydrogen-bond donors (Lipinski definition) is 2. The first-order valence-electron chi connectivity index (χ1n) is 8.22. The number of amides is 2. The number of anilines is 1. The van der Waals surface area contributed by atoms with Crippen LogP contribution in [0, 0.1) is 6.92 Å². The minimum Gasteiger partial charge on any atom is -0.360 e. The van der Waals surface area contributed by atoms with Crippen LogP contribution < -0.4 is 10.6 Å². The lowest BCUT2D eigenvalue weighted by atomic mass is 10.1. The van der Waals surface area contributed by atoms with Gasteiger partial charge in [0.2, 0.25) is 11.8 Å². The molecule has 0 aliphatic rings. The summed E-state index contributed by atoms with van der Waals surface area (Å²) in [6.45, 7) is 3.11. The molecule has 8 heteroatoms. The van der Waals surface area contributed by atoms with Crippen molar-refractivity contribution >= 4 is 29.4 Å². The van der Waals surface area contributed by atoms with E-state index in [1.54, 1.807) is 13.0 Å². The van der Waals surface area contributed by atoms with E-state index in [0.717, 1.165) is 12.1 Å². The summed E-state index contributed by atoms with van der Waals surface area (Å²) < 4.78 is 4.87. The summed E-state index contributed by atoms with van der Waals surface area (Å²) in [4.78, 5) is 25.7. The average Bonchev–Trinajstić information content (AvgIpc) is 2.98. The van der Waals surface area contributed by atoms with Gasteiger partial charge in [0.25, 0.3) is 0 Å². The second-order valence-electron chi connectivity index (χ2n) is 6.19. The van der Waals surface area contributed by atoms with E-state index in [2.05, 4.69) is 32.8 Å². The average molecular weight is 376 g/mol. The third kappa shape index (κ3) is 7.28. The maximum Gasteiger partial charge on any atom is 0.235 e. The number of nitrogens with one attached hydrogen (secondary N) is 2. The SMILES string of the molecule is Cc1cc(NC(=O)CSCC(=O)NCc2ccc(CN(C)C)cc2)no1. The summed E-state index contributed by atoms with van der Waals surface area (Å²) in [5.41, 5.74) is 2.28. The number of carbonyl (C=O) groups is 2. The summed E-state index contributed by atoms with van der Waals surface area (Å²) in [7, 11) is 4.05. The van der Waals surface area contributed by atoms with E-state index in [4.69, 9.17) is 4.52 Å². The van der Waals surface area contributed by atoms with E-state index < -0.39 is 0 Å². The maximum atomic E-state index is 11.9. The highest BCUT2D eigenvalue weighted by atomic mass is 32.2. The molecule has 1 aromatic carbocycles. The first-order chi connectivity index (χ1) is 12.4. The smallest absolute Gasteiger partial charge is 0.235 e. The van der Waals surface area contributed by atoms with Gasteiger partial charge in [0, 0.05) is 19.2 Å². The fraction of sp³-hybridized carbons (Fsp3) is 0.389. The Balaban J connectivity index is 1.63. The van der Waals surface area contributed by atoms with Crippen LogP contribution in [-0.4, -0.2) is 47.5 Å². The lowest BCUT2D eigenvalue weighted by molar-refractivity contribution is -0.118. The lowest BCUT2D eigenvalue weighted by Gasteiger charge is -2.10. The van der Waals surface area contributed by atoms with E-state index in [1.807, 2.05) is 26.2 Å². The number of carbonyl (C=O) groups excluding carboxylic acids is 2. The maximum absolute atomic E-state index is 11.9. The minimum absolute atomic E-state index is 0.0996. The zero-order chi connectivity index (χ0) is 18.9. The summed E-state index contributed by atoms with van der Waals surface area (Å²) >= 11 is 1.25. The first kappa shape index (κ1) is 20.0. The van der Waals surface area contributed by atoms with Crippen LogP contribution in [0.3, 0.4) is 0 Å². The van der Waals surface area contributed by atoms with Crippen molar-refractivity contribution in [2.24, 2.45) is 0 Å². The molecule has 0 radical (unpaired) electrons. The molecule has 2 aromatic rings. The van der Waals surface area contributed by atoms with Crippen LogP contribution in [-0.2, 0) is 22.7 Å². The van der Waals surface area contributed by atoms with Crippen LogP contribution in [0.25, 0.3) is 0 Å². The Kier molecular flexibility index (Phi) is 7.68. The molecule has 0 spiro atoms. The van der Waals surface area contributed by atoms with Crippen LogP contribution >= 0.6 is 11.8 Å². The summed E-state index contributed by atoms with van der Waals surface area (Å²) in [5, 5.41) is 9.16. The Bertz CT molecular complexity index is 728. The lowest BCUT2D eigenvalue weighted by Crippen LogP contribution is -2.25. The highest BCUT2D eigenvalue weighted by Gasteiger charge is 2.08. The van der Waals surface area contributed by atoms with Gasteiger partial charge in [0.05, 0.1) is 11.5 Å². The van der Waals surface area contributed by atoms with Gasteiger partial charge in [0.1, 0.15) is 5.76 Å². The topological polar surface area (TPSA) is 87.5 Å². The van der Waals surface area contributed by atoms with Gasteiger partial charge >= 0.3 is 0 Å². The van der Waals surface area contributed by atoms with Gasteiger partial charge < -0.3 is 20.1 Å². The van der Waals surface area contributed by atoms with Crippen LogP contribution in [0.4, 0.5) is 5.82 Å². The minimum atomic E-state index is -0.215. The van der Waals surface area contributed by atoms with Gasteiger partial charge in [-0.2, -0.15) is 0 Å². The molecule has 0 saturated heterocycles. The normalized spacial score (nSPS) is 10.8. The molecule has 1 heterocycles. The molecule has 0 aliphatic heterocycles. The van der Waals surface area contributed by atoms with Gasteiger partial charge in [0.15, 0.2) is 5.82 Å². The third-order valence-corrected chi connectivity index (χ3v) is 4.31. The standard InChI is InChI=1S/C18H24N4O3S/c1-13-8-16(21-25-13)20-18(24)12-26-11-17(23)19-9-14-4-6-15(7-5-14)10-22(2)3/h4-8H,9-12H2,1-3H3,(H,19,23)(H,20,21,24). The molecular weight excluding hydrogens is 352 g/mol. The Hall–Kier alpha value is -2.32. The van der Waals surface area contributed by atoms with Gasteiger partial charge in [-0.05, 0) is 32.1 Å².